The van der Waals surface area contributed by atoms with Gasteiger partial charge in [0.05, 0.1) is 0 Å². The second kappa shape index (κ2) is 4.37. The molecular formula is C9H14. The summed E-state index contributed by atoms with van der Waals surface area (Å²) in [6.07, 6.45) is 15.5. The van der Waals surface area contributed by atoms with Crippen LogP contribution in [0, 0.1) is 0 Å². The summed E-state index contributed by atoms with van der Waals surface area (Å²) < 4.78 is 0. The van der Waals surface area contributed by atoms with Crippen molar-refractivity contribution in [3.63, 3.8) is 0 Å². The summed E-state index contributed by atoms with van der Waals surface area (Å²) >= 11 is 0. The number of hydrogen-bond acceptors (Lipinski definition) is 0. The molecule has 0 radical (unpaired) electrons. The second-order valence-corrected chi connectivity index (χ2v) is 2.45. The van der Waals surface area contributed by atoms with E-state index in [1.807, 2.05) is 0 Å². The first-order valence-electron chi connectivity index (χ1n) is 3.80. The molecule has 0 heterocycles. The Balaban J connectivity index is 2.28. The Bertz CT molecular complexity index is 95.2. The zero-order chi connectivity index (χ0) is 6.36. The summed E-state index contributed by atoms with van der Waals surface area (Å²) in [5.74, 6) is 0. The minimum atomic E-state index is 1.23. The van der Waals surface area contributed by atoms with E-state index in [0.717, 1.165) is 0 Å². The lowest BCUT2D eigenvalue weighted by atomic mass is 10.2. The van der Waals surface area contributed by atoms with Crippen LogP contribution in [-0.2, 0) is 0 Å². The fourth-order valence-corrected chi connectivity index (χ4v) is 1.02. The van der Waals surface area contributed by atoms with Gasteiger partial charge in [0.1, 0.15) is 0 Å². The molecule has 50 valence electrons. The number of rotatable bonds is 0. The zero-order valence-electron chi connectivity index (χ0n) is 5.84. The molecular weight excluding hydrogens is 108 g/mol. The van der Waals surface area contributed by atoms with Gasteiger partial charge in [-0.15, -0.1) is 0 Å². The van der Waals surface area contributed by atoms with Gasteiger partial charge in [-0.25, -0.2) is 0 Å². The molecule has 0 aliphatic heterocycles. The van der Waals surface area contributed by atoms with Crippen LogP contribution in [0.1, 0.15) is 32.1 Å². The van der Waals surface area contributed by atoms with Crippen LogP contribution in [0.5, 0.6) is 0 Å². The van der Waals surface area contributed by atoms with Gasteiger partial charge < -0.3 is 0 Å². The molecule has 0 atom stereocenters. The van der Waals surface area contributed by atoms with E-state index >= 15 is 0 Å². The maximum atomic E-state index is 2.30. The van der Waals surface area contributed by atoms with E-state index in [2.05, 4.69) is 24.3 Å². The standard InChI is InChI=1S/C9H14/c1-2-4-6-8-9-7-5-3-1/h1-2,7,9H,3-6,8H2. The van der Waals surface area contributed by atoms with E-state index in [0.29, 0.717) is 0 Å². The van der Waals surface area contributed by atoms with Gasteiger partial charge in [0.25, 0.3) is 0 Å². The predicted molar refractivity (Wildman–Crippen MR) is 41.4 cm³/mol. The molecule has 0 fully saturated rings. The number of allylic oxidation sites excluding steroid dienone is 4. The SMILES string of the molecule is C1=CCCCC=CCC1. The van der Waals surface area contributed by atoms with Crippen molar-refractivity contribution in [1.82, 2.24) is 0 Å². The van der Waals surface area contributed by atoms with E-state index in [-0.39, 0.29) is 0 Å². The fraction of sp³-hybridized carbons (Fsp3) is 0.556. The van der Waals surface area contributed by atoms with E-state index in [1.165, 1.54) is 32.1 Å². The molecule has 0 aromatic heterocycles. The molecule has 0 saturated heterocycles. The first-order chi connectivity index (χ1) is 4.50. The minimum Gasteiger partial charge on any atom is -0.0885 e. The van der Waals surface area contributed by atoms with Crippen molar-refractivity contribution in [2.24, 2.45) is 0 Å². The molecule has 0 N–H and O–H groups in total. The summed E-state index contributed by atoms with van der Waals surface area (Å²) in [4.78, 5) is 0. The van der Waals surface area contributed by atoms with Gasteiger partial charge in [-0.05, 0) is 32.1 Å². The predicted octanol–water partition coefficient (Wildman–Crippen LogP) is 3.06. The molecule has 0 aromatic rings. The third-order valence-electron chi connectivity index (χ3n) is 1.57. The van der Waals surface area contributed by atoms with Crippen LogP contribution in [0.4, 0.5) is 0 Å². The van der Waals surface area contributed by atoms with Crippen molar-refractivity contribution in [3.8, 4) is 0 Å². The van der Waals surface area contributed by atoms with Crippen LogP contribution in [0.15, 0.2) is 24.3 Å². The van der Waals surface area contributed by atoms with Crippen LogP contribution in [0.3, 0.4) is 0 Å². The van der Waals surface area contributed by atoms with E-state index in [4.69, 9.17) is 0 Å². The molecule has 1 aliphatic carbocycles. The Labute approximate surface area is 57.3 Å². The molecule has 0 amide bonds. The monoisotopic (exact) mass is 122 g/mol. The van der Waals surface area contributed by atoms with Crippen molar-refractivity contribution >= 4 is 0 Å². The van der Waals surface area contributed by atoms with Gasteiger partial charge in [0.2, 0.25) is 0 Å². The Morgan fingerprint density at radius 3 is 1.56 bits per heavy atom. The summed E-state index contributed by atoms with van der Waals surface area (Å²) in [7, 11) is 0. The molecule has 1 aliphatic rings. The average molecular weight is 122 g/mol. The Hall–Kier alpha value is -0.520. The van der Waals surface area contributed by atoms with E-state index in [1.54, 1.807) is 0 Å². The Morgan fingerprint density at radius 2 is 1.00 bits per heavy atom. The Morgan fingerprint density at radius 1 is 0.556 bits per heavy atom. The van der Waals surface area contributed by atoms with Crippen molar-refractivity contribution in [2.45, 2.75) is 32.1 Å². The lowest BCUT2D eigenvalue weighted by Crippen LogP contribution is -1.65. The van der Waals surface area contributed by atoms with Crippen LogP contribution in [0.25, 0.3) is 0 Å². The molecule has 0 spiro atoms. The molecule has 0 heteroatoms. The lowest BCUT2D eigenvalue weighted by molar-refractivity contribution is 0.868. The van der Waals surface area contributed by atoms with Gasteiger partial charge in [-0.1, -0.05) is 24.3 Å². The van der Waals surface area contributed by atoms with Crippen LogP contribution >= 0.6 is 0 Å². The summed E-state index contributed by atoms with van der Waals surface area (Å²) in [5, 5.41) is 0. The molecule has 0 nitrogen and oxygen atoms in total. The van der Waals surface area contributed by atoms with Crippen LogP contribution in [-0.4, -0.2) is 0 Å². The highest BCUT2D eigenvalue weighted by Crippen LogP contribution is 2.04. The molecule has 0 unspecified atom stereocenters. The normalized spacial score (nSPS) is 20.4. The number of hydrogen-bond donors (Lipinski definition) is 0. The van der Waals surface area contributed by atoms with Crippen LogP contribution in [0.2, 0.25) is 0 Å². The van der Waals surface area contributed by atoms with Crippen molar-refractivity contribution in [1.29, 1.82) is 0 Å². The first kappa shape index (κ1) is 6.60. The summed E-state index contributed by atoms with van der Waals surface area (Å²) in [6, 6.07) is 0. The summed E-state index contributed by atoms with van der Waals surface area (Å²) in [5.41, 5.74) is 0. The van der Waals surface area contributed by atoms with Crippen molar-refractivity contribution in [3.05, 3.63) is 24.3 Å². The zero-order valence-corrected chi connectivity index (χ0v) is 5.84. The molecule has 0 saturated carbocycles. The maximum Gasteiger partial charge on any atom is -0.0316 e. The van der Waals surface area contributed by atoms with Gasteiger partial charge in [-0.2, -0.15) is 0 Å². The highest BCUT2D eigenvalue weighted by molar-refractivity contribution is 4.90. The average Bonchev–Trinajstić information content (AvgIpc) is 2.00. The topological polar surface area (TPSA) is 0 Å². The molecule has 9 heavy (non-hydrogen) atoms. The second-order valence-electron chi connectivity index (χ2n) is 2.45. The highest BCUT2D eigenvalue weighted by atomic mass is 13.9. The van der Waals surface area contributed by atoms with Gasteiger partial charge in [-0.3, -0.25) is 0 Å². The minimum absolute atomic E-state index is 1.23. The van der Waals surface area contributed by atoms with E-state index in [9.17, 15) is 0 Å². The largest absolute Gasteiger partial charge is 0.0885 e. The highest BCUT2D eigenvalue weighted by Gasteiger charge is 1.83. The first-order valence-corrected chi connectivity index (χ1v) is 3.80. The molecule has 0 aromatic carbocycles. The molecule has 0 bridgehead atoms. The lowest BCUT2D eigenvalue weighted by Gasteiger charge is -1.85. The van der Waals surface area contributed by atoms with Gasteiger partial charge >= 0.3 is 0 Å². The van der Waals surface area contributed by atoms with Crippen molar-refractivity contribution in [2.75, 3.05) is 0 Å². The quantitative estimate of drug-likeness (QED) is 0.433. The van der Waals surface area contributed by atoms with Crippen molar-refractivity contribution < 1.29 is 0 Å². The van der Waals surface area contributed by atoms with Crippen LogP contribution < -0.4 is 0 Å². The summed E-state index contributed by atoms with van der Waals surface area (Å²) in [6.45, 7) is 0. The third kappa shape index (κ3) is 3.12. The maximum absolute atomic E-state index is 2.30. The fourth-order valence-electron chi connectivity index (χ4n) is 1.02. The molecule has 1 rings (SSSR count). The van der Waals surface area contributed by atoms with Gasteiger partial charge in [0.15, 0.2) is 0 Å². The van der Waals surface area contributed by atoms with E-state index < -0.39 is 0 Å². The Kier molecular flexibility index (Phi) is 3.20. The van der Waals surface area contributed by atoms with Gasteiger partial charge in [0, 0.05) is 0 Å². The third-order valence-corrected chi connectivity index (χ3v) is 1.57. The smallest absolute Gasteiger partial charge is 0.0316 e.